The van der Waals surface area contributed by atoms with Gasteiger partial charge in [-0.2, -0.15) is 0 Å². The number of nitrogens with one attached hydrogen (secondary N) is 1. The van der Waals surface area contributed by atoms with E-state index >= 15 is 0 Å². The molecule has 0 unspecified atom stereocenters. The van der Waals surface area contributed by atoms with Crippen LogP contribution in [0, 0.1) is 10.1 Å². The maximum absolute atomic E-state index is 11.0. The summed E-state index contributed by atoms with van der Waals surface area (Å²) in [6, 6.07) is 9.80. The molecule has 0 atom stereocenters. The zero-order chi connectivity index (χ0) is 25.4. The Morgan fingerprint density at radius 3 is 2.21 bits per heavy atom. The molecule has 34 heavy (non-hydrogen) atoms. The summed E-state index contributed by atoms with van der Waals surface area (Å²) in [5.41, 5.74) is 2.29. The summed E-state index contributed by atoms with van der Waals surface area (Å²) in [4.78, 5) is 33.1. The number of methoxy groups -OCH3 is 2. The van der Waals surface area contributed by atoms with E-state index in [1.54, 1.807) is 30.5 Å². The van der Waals surface area contributed by atoms with Gasteiger partial charge in [-0.1, -0.05) is 12.1 Å². The van der Waals surface area contributed by atoms with E-state index in [2.05, 4.69) is 10.3 Å². The molecule has 13 heteroatoms. The average molecular weight is 474 g/mol. The van der Waals surface area contributed by atoms with Crippen molar-refractivity contribution in [2.24, 2.45) is 7.05 Å². The van der Waals surface area contributed by atoms with Gasteiger partial charge in [-0.3, -0.25) is 10.1 Å². The van der Waals surface area contributed by atoms with Gasteiger partial charge < -0.3 is 34.7 Å². The molecule has 0 aliphatic rings. The van der Waals surface area contributed by atoms with Crippen LogP contribution in [0.15, 0.2) is 42.6 Å². The lowest BCUT2D eigenvalue weighted by atomic mass is 10.1. The number of ether oxygens (including phenoxy) is 2. The second kappa shape index (κ2) is 11.2. The lowest BCUT2D eigenvalue weighted by molar-refractivity contribution is -0.384. The molecule has 2 aromatic carbocycles. The first-order valence-corrected chi connectivity index (χ1v) is 9.49. The summed E-state index contributed by atoms with van der Waals surface area (Å²) in [7, 11) is 4.76. The summed E-state index contributed by atoms with van der Waals surface area (Å²) in [5, 5.41) is 39.0. The quantitative estimate of drug-likeness (QED) is 0.224. The number of non-ortho nitro benzene ring substituents is 1. The predicted molar refractivity (Wildman–Crippen MR) is 119 cm³/mol. The number of carboxylic acids is 2. The molecule has 3 rings (SSSR count). The molecular formula is C21H22N4O9. The number of benzene rings is 2. The second-order valence-corrected chi connectivity index (χ2v) is 6.65. The van der Waals surface area contributed by atoms with Crippen molar-refractivity contribution < 1.29 is 39.3 Å². The molecule has 0 saturated carbocycles. The summed E-state index contributed by atoms with van der Waals surface area (Å²) in [6.45, 7) is 0.409. The molecule has 0 aliphatic carbocycles. The van der Waals surface area contributed by atoms with Crippen LogP contribution in [0.25, 0.3) is 11.3 Å². The topological polar surface area (TPSA) is 186 Å². The summed E-state index contributed by atoms with van der Waals surface area (Å²) in [6.07, 6.45) is 1.65. The lowest BCUT2D eigenvalue weighted by Gasteiger charge is -2.12. The fraction of sp³-hybridized carbons (Fsp3) is 0.190. The Hall–Kier alpha value is -4.81. The number of aromatic nitrogens is 2. The van der Waals surface area contributed by atoms with Gasteiger partial charge in [0.25, 0.3) is 5.69 Å². The normalized spacial score (nSPS) is 9.97. The minimum absolute atomic E-state index is 0.0245. The van der Waals surface area contributed by atoms with Gasteiger partial charge >= 0.3 is 11.9 Å². The Morgan fingerprint density at radius 2 is 1.71 bits per heavy atom. The number of aliphatic carboxylic acids is 2. The van der Waals surface area contributed by atoms with Crippen LogP contribution in [0.2, 0.25) is 0 Å². The van der Waals surface area contributed by atoms with Crippen LogP contribution in [-0.4, -0.2) is 56.0 Å². The molecule has 1 aromatic heterocycles. The number of carbonyl (C=O) groups is 2. The predicted octanol–water partition coefficient (Wildman–Crippen LogP) is 2.49. The first-order valence-electron chi connectivity index (χ1n) is 9.49. The maximum atomic E-state index is 11.0. The number of hydrogen-bond donors (Lipinski definition) is 4. The van der Waals surface area contributed by atoms with Gasteiger partial charge in [-0.25, -0.2) is 14.6 Å². The zero-order valence-electron chi connectivity index (χ0n) is 18.4. The highest BCUT2D eigenvalue weighted by atomic mass is 16.6. The standard InChI is InChI=1S/C19H20N4O5.C2H2O4/c1-22-15(13-5-4-6-14(9-13)23(25)26)11-21-19(22)20-10-12-7-16(27-2)18(24)17(8-12)28-3;3-1(4)2(5)6/h4-9,11,24H,10H2,1-3H3,(H,20,21);(H,3,4)(H,5,6). The smallest absolute Gasteiger partial charge is 0.414 e. The molecule has 0 spiro atoms. The molecule has 3 aromatic rings. The van der Waals surface area contributed by atoms with Crippen LogP contribution in [0.3, 0.4) is 0 Å². The fourth-order valence-electron chi connectivity index (χ4n) is 2.85. The van der Waals surface area contributed by atoms with Gasteiger partial charge in [0.2, 0.25) is 11.7 Å². The van der Waals surface area contributed by atoms with E-state index in [0.717, 1.165) is 11.3 Å². The van der Waals surface area contributed by atoms with Crippen molar-refractivity contribution in [2.75, 3.05) is 19.5 Å². The molecule has 4 N–H and O–H groups in total. The number of rotatable bonds is 7. The van der Waals surface area contributed by atoms with Gasteiger partial charge in [0.05, 0.1) is 31.0 Å². The monoisotopic (exact) mass is 474 g/mol. The number of anilines is 1. The summed E-state index contributed by atoms with van der Waals surface area (Å²) >= 11 is 0. The number of phenols is 1. The van der Waals surface area contributed by atoms with Crippen molar-refractivity contribution >= 4 is 23.6 Å². The van der Waals surface area contributed by atoms with Crippen molar-refractivity contribution in [3.05, 3.63) is 58.3 Å². The van der Waals surface area contributed by atoms with E-state index in [1.165, 1.54) is 26.4 Å². The third-order valence-electron chi connectivity index (χ3n) is 4.51. The Labute approximate surface area is 193 Å². The molecule has 13 nitrogen and oxygen atoms in total. The molecular weight excluding hydrogens is 452 g/mol. The van der Waals surface area contributed by atoms with Crippen LogP contribution in [-0.2, 0) is 23.2 Å². The number of nitro benzene ring substituents is 1. The van der Waals surface area contributed by atoms with Crippen molar-refractivity contribution in [3.8, 4) is 28.5 Å². The van der Waals surface area contributed by atoms with Crippen LogP contribution >= 0.6 is 0 Å². The number of nitro groups is 1. The minimum Gasteiger partial charge on any atom is -0.502 e. The van der Waals surface area contributed by atoms with E-state index in [0.29, 0.717) is 29.6 Å². The summed E-state index contributed by atoms with van der Waals surface area (Å²) in [5.74, 6) is -2.49. The third-order valence-corrected chi connectivity index (χ3v) is 4.51. The number of phenolic OH excluding ortho intramolecular Hbond substituents is 1. The van der Waals surface area contributed by atoms with E-state index in [-0.39, 0.29) is 11.4 Å². The van der Waals surface area contributed by atoms with Gasteiger partial charge in [-0.05, 0) is 17.7 Å². The van der Waals surface area contributed by atoms with Crippen molar-refractivity contribution in [1.82, 2.24) is 9.55 Å². The van der Waals surface area contributed by atoms with E-state index in [4.69, 9.17) is 29.3 Å². The minimum atomic E-state index is -1.82. The van der Waals surface area contributed by atoms with E-state index in [1.807, 2.05) is 11.6 Å². The molecule has 0 aliphatic heterocycles. The highest BCUT2D eigenvalue weighted by molar-refractivity contribution is 6.27. The zero-order valence-corrected chi connectivity index (χ0v) is 18.4. The fourth-order valence-corrected chi connectivity index (χ4v) is 2.85. The largest absolute Gasteiger partial charge is 0.502 e. The highest BCUT2D eigenvalue weighted by Crippen LogP contribution is 2.37. The molecule has 0 amide bonds. The number of nitrogens with zero attached hydrogens (tertiary/aromatic N) is 3. The molecule has 0 saturated heterocycles. The van der Waals surface area contributed by atoms with Crippen LogP contribution in [0.5, 0.6) is 17.2 Å². The van der Waals surface area contributed by atoms with Gasteiger partial charge in [0.1, 0.15) is 0 Å². The number of imidazole rings is 1. The molecule has 1 heterocycles. The molecule has 0 radical (unpaired) electrons. The number of carboxylic acid groups (broad SMARTS) is 2. The van der Waals surface area contributed by atoms with Gasteiger partial charge in [0.15, 0.2) is 11.5 Å². The average Bonchev–Trinajstić information content (AvgIpc) is 3.18. The third kappa shape index (κ3) is 6.12. The Kier molecular flexibility index (Phi) is 8.36. The first-order chi connectivity index (χ1) is 16.1. The SMILES string of the molecule is COc1cc(CNc2ncc(-c3cccc([N+](=O)[O-])c3)n2C)cc(OC)c1O.O=C(O)C(=O)O. The first kappa shape index (κ1) is 25.5. The van der Waals surface area contributed by atoms with E-state index in [9.17, 15) is 15.2 Å². The molecule has 0 bridgehead atoms. The van der Waals surface area contributed by atoms with Gasteiger partial charge in [-0.15, -0.1) is 0 Å². The van der Waals surface area contributed by atoms with Crippen molar-refractivity contribution in [3.63, 3.8) is 0 Å². The highest BCUT2D eigenvalue weighted by Gasteiger charge is 2.14. The summed E-state index contributed by atoms with van der Waals surface area (Å²) < 4.78 is 12.1. The second-order valence-electron chi connectivity index (χ2n) is 6.65. The lowest BCUT2D eigenvalue weighted by Crippen LogP contribution is -2.09. The van der Waals surface area contributed by atoms with Crippen LogP contribution in [0.4, 0.5) is 11.6 Å². The van der Waals surface area contributed by atoms with E-state index < -0.39 is 16.9 Å². The number of hydrogen-bond acceptors (Lipinski definition) is 9. The van der Waals surface area contributed by atoms with Crippen molar-refractivity contribution in [2.45, 2.75) is 6.54 Å². The Balaban J connectivity index is 0.000000604. The maximum Gasteiger partial charge on any atom is 0.414 e. The Bertz CT molecular complexity index is 1170. The van der Waals surface area contributed by atoms with Crippen LogP contribution < -0.4 is 14.8 Å². The van der Waals surface area contributed by atoms with Gasteiger partial charge in [0, 0.05) is 31.3 Å². The number of aromatic hydroxyl groups is 1. The van der Waals surface area contributed by atoms with Crippen molar-refractivity contribution in [1.29, 1.82) is 0 Å². The van der Waals surface area contributed by atoms with Crippen LogP contribution in [0.1, 0.15) is 5.56 Å². The molecule has 180 valence electrons. The molecule has 0 fully saturated rings. The Morgan fingerprint density at radius 1 is 1.12 bits per heavy atom.